The lowest BCUT2D eigenvalue weighted by atomic mass is 10.1. The first-order valence-corrected chi connectivity index (χ1v) is 8.07. The molecule has 8 heteroatoms. The van der Waals surface area contributed by atoms with Gasteiger partial charge in [-0.2, -0.15) is 13.7 Å². The van der Waals surface area contributed by atoms with Gasteiger partial charge in [0.2, 0.25) is 5.91 Å². The molecule has 0 bridgehead atoms. The van der Waals surface area contributed by atoms with Crippen molar-refractivity contribution in [1.82, 2.24) is 0 Å². The van der Waals surface area contributed by atoms with E-state index in [0.29, 0.717) is 15.7 Å². The largest absolute Gasteiger partial charge is 0.311 e. The number of benzene rings is 1. The number of carbonyl (C=O) groups is 1. The average molecular weight is 361 g/mol. The van der Waals surface area contributed by atoms with E-state index in [-0.39, 0.29) is 18.9 Å². The topological polar surface area (TPSA) is 78.2 Å². The van der Waals surface area contributed by atoms with E-state index in [1.165, 1.54) is 4.90 Å². The van der Waals surface area contributed by atoms with Crippen molar-refractivity contribution in [1.29, 1.82) is 5.26 Å². The fourth-order valence-corrected chi connectivity index (χ4v) is 3.58. The van der Waals surface area contributed by atoms with Crippen molar-refractivity contribution in [2.75, 3.05) is 17.2 Å². The van der Waals surface area contributed by atoms with Crippen LogP contribution in [0.5, 0.6) is 0 Å². The molecule has 0 saturated carbocycles. The van der Waals surface area contributed by atoms with Crippen molar-refractivity contribution in [3.63, 3.8) is 0 Å². The summed E-state index contributed by atoms with van der Waals surface area (Å²) in [4.78, 5) is 13.3. The predicted molar refractivity (Wildman–Crippen MR) is 74.2 cm³/mol. The highest BCUT2D eigenvalue weighted by molar-refractivity contribution is 9.10. The third kappa shape index (κ3) is 3.35. The maximum absolute atomic E-state index is 12.7. The third-order valence-electron chi connectivity index (χ3n) is 3.01. The summed E-state index contributed by atoms with van der Waals surface area (Å²) < 4.78 is 34.5. The highest BCUT2D eigenvalue weighted by Gasteiger charge is 2.34. The number of nitriles is 1. The van der Waals surface area contributed by atoms with Gasteiger partial charge in [0.05, 0.1) is 23.1 Å². The standard InChI is InChI=1S/C12H10BrFN2O3S/c13-10-3-8(5-15)1-2-11(10)16-6-9(4-12(16)17)7-20(14,18)19/h1-3,9H,4,6-7H2. The summed E-state index contributed by atoms with van der Waals surface area (Å²) in [7, 11) is -4.59. The maximum atomic E-state index is 12.7. The van der Waals surface area contributed by atoms with E-state index in [1.54, 1.807) is 18.2 Å². The molecule has 0 aromatic heterocycles. The molecule has 0 spiro atoms. The number of halogens is 2. The van der Waals surface area contributed by atoms with Crippen molar-refractivity contribution < 1.29 is 17.1 Å². The van der Waals surface area contributed by atoms with Crippen LogP contribution in [0.2, 0.25) is 0 Å². The van der Waals surface area contributed by atoms with E-state index in [4.69, 9.17) is 5.26 Å². The van der Waals surface area contributed by atoms with E-state index in [1.807, 2.05) is 6.07 Å². The predicted octanol–water partition coefficient (Wildman–Crippen LogP) is 1.97. The van der Waals surface area contributed by atoms with Crippen LogP contribution < -0.4 is 4.90 Å². The molecule has 1 aromatic carbocycles. The first kappa shape index (κ1) is 14.9. The van der Waals surface area contributed by atoms with Gasteiger partial charge in [-0.3, -0.25) is 4.79 Å². The van der Waals surface area contributed by atoms with Crippen LogP contribution in [0.25, 0.3) is 0 Å². The Morgan fingerprint density at radius 1 is 1.50 bits per heavy atom. The summed E-state index contributed by atoms with van der Waals surface area (Å²) >= 11 is 3.27. The van der Waals surface area contributed by atoms with Crippen LogP contribution in [0.15, 0.2) is 22.7 Å². The van der Waals surface area contributed by atoms with Gasteiger partial charge < -0.3 is 4.90 Å². The van der Waals surface area contributed by atoms with Crippen LogP contribution in [-0.2, 0) is 15.0 Å². The molecule has 1 saturated heterocycles. The van der Waals surface area contributed by atoms with Crippen LogP contribution in [0, 0.1) is 17.2 Å². The molecular weight excluding hydrogens is 351 g/mol. The van der Waals surface area contributed by atoms with Crippen LogP contribution in [0.1, 0.15) is 12.0 Å². The van der Waals surface area contributed by atoms with E-state index in [9.17, 15) is 17.1 Å². The number of carbonyl (C=O) groups excluding carboxylic acids is 1. The lowest BCUT2D eigenvalue weighted by Crippen LogP contribution is -2.25. The second kappa shape index (κ2) is 5.50. The molecule has 2 rings (SSSR count). The normalized spacial score (nSPS) is 19.1. The average Bonchev–Trinajstić information content (AvgIpc) is 2.67. The number of hydrogen-bond acceptors (Lipinski definition) is 4. The van der Waals surface area contributed by atoms with Gasteiger partial charge in [-0.25, -0.2) is 0 Å². The highest BCUT2D eigenvalue weighted by atomic mass is 79.9. The van der Waals surface area contributed by atoms with Gasteiger partial charge in [0, 0.05) is 23.4 Å². The molecule has 1 aliphatic rings. The summed E-state index contributed by atoms with van der Waals surface area (Å²) in [5.74, 6) is -1.47. The zero-order valence-corrected chi connectivity index (χ0v) is 12.6. The van der Waals surface area contributed by atoms with E-state index in [0.717, 1.165) is 0 Å². The molecule has 0 aliphatic carbocycles. The molecule has 1 atom stereocenters. The highest BCUT2D eigenvalue weighted by Crippen LogP contribution is 2.32. The van der Waals surface area contributed by atoms with Crippen molar-refractivity contribution in [3.8, 4) is 6.07 Å². The Morgan fingerprint density at radius 2 is 2.20 bits per heavy atom. The summed E-state index contributed by atoms with van der Waals surface area (Å²) in [5, 5.41) is 8.78. The minimum Gasteiger partial charge on any atom is -0.311 e. The summed E-state index contributed by atoms with van der Waals surface area (Å²) in [5.41, 5.74) is 0.989. The van der Waals surface area contributed by atoms with Crippen molar-refractivity contribution in [2.24, 2.45) is 5.92 Å². The molecular formula is C12H10BrFN2O3S. The van der Waals surface area contributed by atoms with E-state index >= 15 is 0 Å². The van der Waals surface area contributed by atoms with Gasteiger partial charge >= 0.3 is 10.2 Å². The Morgan fingerprint density at radius 3 is 2.75 bits per heavy atom. The molecule has 1 unspecified atom stereocenters. The molecule has 0 N–H and O–H groups in total. The number of rotatable bonds is 3. The first-order valence-electron chi connectivity index (χ1n) is 5.72. The Bertz CT molecular complexity index is 699. The molecule has 1 amide bonds. The van der Waals surface area contributed by atoms with Crippen molar-refractivity contribution in [3.05, 3.63) is 28.2 Å². The van der Waals surface area contributed by atoms with Gasteiger partial charge in [-0.1, -0.05) is 0 Å². The van der Waals surface area contributed by atoms with E-state index in [2.05, 4.69) is 15.9 Å². The van der Waals surface area contributed by atoms with Crippen molar-refractivity contribution in [2.45, 2.75) is 6.42 Å². The Kier molecular flexibility index (Phi) is 4.11. The van der Waals surface area contributed by atoms with Crippen LogP contribution in [0.3, 0.4) is 0 Å². The van der Waals surface area contributed by atoms with Gasteiger partial charge in [-0.05, 0) is 34.1 Å². The number of amides is 1. The van der Waals surface area contributed by atoms with Crippen LogP contribution in [0.4, 0.5) is 9.57 Å². The molecule has 5 nitrogen and oxygen atoms in total. The lowest BCUT2D eigenvalue weighted by Gasteiger charge is -2.18. The number of anilines is 1. The molecule has 1 heterocycles. The minimum absolute atomic E-state index is 0.00437. The monoisotopic (exact) mass is 360 g/mol. The van der Waals surface area contributed by atoms with Gasteiger partial charge in [0.1, 0.15) is 0 Å². The number of nitrogens with zero attached hydrogens (tertiary/aromatic N) is 2. The molecule has 1 fully saturated rings. The van der Waals surface area contributed by atoms with Gasteiger partial charge in [0.25, 0.3) is 0 Å². The van der Waals surface area contributed by atoms with Gasteiger partial charge in [-0.15, -0.1) is 3.89 Å². The zero-order valence-electron chi connectivity index (χ0n) is 10.2. The fraction of sp³-hybridized carbons (Fsp3) is 0.333. The summed E-state index contributed by atoms with van der Waals surface area (Å²) in [6.45, 7) is 0.145. The van der Waals surface area contributed by atoms with Crippen LogP contribution >= 0.6 is 15.9 Å². The molecule has 0 radical (unpaired) electrons. The Labute approximate surface area is 124 Å². The SMILES string of the molecule is N#Cc1ccc(N2CC(CS(=O)(=O)F)CC2=O)c(Br)c1. The zero-order chi connectivity index (χ0) is 14.9. The lowest BCUT2D eigenvalue weighted by molar-refractivity contribution is -0.117. The quantitative estimate of drug-likeness (QED) is 0.772. The molecule has 1 aliphatic heterocycles. The van der Waals surface area contributed by atoms with Gasteiger partial charge in [0.15, 0.2) is 0 Å². The second-order valence-corrected chi connectivity index (χ2v) is 6.82. The Hall–Kier alpha value is -1.46. The third-order valence-corrected chi connectivity index (χ3v) is 4.51. The van der Waals surface area contributed by atoms with Crippen LogP contribution in [-0.4, -0.2) is 26.6 Å². The summed E-state index contributed by atoms with van der Waals surface area (Å²) in [6, 6.07) is 6.71. The molecule has 106 valence electrons. The fourth-order valence-electron chi connectivity index (χ4n) is 2.20. The van der Waals surface area contributed by atoms with Crippen molar-refractivity contribution >= 4 is 37.7 Å². The second-order valence-electron chi connectivity index (χ2n) is 4.56. The molecule has 1 aromatic rings. The smallest absolute Gasteiger partial charge is 0.302 e. The maximum Gasteiger partial charge on any atom is 0.302 e. The minimum atomic E-state index is -4.59. The Balaban J connectivity index is 2.22. The number of hydrogen-bond donors (Lipinski definition) is 0. The first-order chi connectivity index (χ1) is 9.30. The molecule has 20 heavy (non-hydrogen) atoms. The summed E-state index contributed by atoms with van der Waals surface area (Å²) in [6.07, 6.45) is -0.00437. The van der Waals surface area contributed by atoms with E-state index < -0.39 is 21.9 Å².